The van der Waals surface area contributed by atoms with Crippen molar-refractivity contribution in [1.29, 1.82) is 0 Å². The summed E-state index contributed by atoms with van der Waals surface area (Å²) in [5.41, 5.74) is 10.4. The number of phenols is 1. The van der Waals surface area contributed by atoms with Crippen LogP contribution in [0.4, 0.5) is 0 Å². The van der Waals surface area contributed by atoms with E-state index in [4.69, 9.17) is 22.4 Å². The maximum absolute atomic E-state index is 10.3. The van der Waals surface area contributed by atoms with Crippen molar-refractivity contribution in [2.24, 2.45) is 10.8 Å². The van der Waals surface area contributed by atoms with Gasteiger partial charge in [-0.15, -0.1) is 0 Å². The van der Waals surface area contributed by atoms with Gasteiger partial charge in [0.05, 0.1) is 10.7 Å². The van der Waals surface area contributed by atoms with E-state index >= 15 is 0 Å². The lowest BCUT2D eigenvalue weighted by atomic mass is 9.94. The van der Waals surface area contributed by atoms with Gasteiger partial charge in [0, 0.05) is 22.9 Å². The Bertz CT molecular complexity index is 754. The molecule has 0 saturated heterocycles. The predicted octanol–water partition coefficient (Wildman–Crippen LogP) is 2.95. The number of fused-ring (bicyclic) bond motifs is 3. The number of aryl methyl sites for hydroxylation is 2. The third-order valence-corrected chi connectivity index (χ3v) is 4.27. The van der Waals surface area contributed by atoms with E-state index in [-0.39, 0.29) is 10.9 Å². The van der Waals surface area contributed by atoms with Crippen molar-refractivity contribution in [2.45, 2.75) is 25.7 Å². The quantitative estimate of drug-likeness (QED) is 0.431. The van der Waals surface area contributed by atoms with E-state index in [0.717, 1.165) is 48.0 Å². The number of furan rings is 1. The first kappa shape index (κ1) is 14.3. The molecule has 3 rings (SSSR count). The molecule has 1 aliphatic carbocycles. The van der Waals surface area contributed by atoms with E-state index in [1.54, 1.807) is 6.07 Å². The molecule has 0 fully saturated rings. The van der Waals surface area contributed by atoms with Crippen LogP contribution in [0.15, 0.2) is 20.1 Å². The second kappa shape index (κ2) is 5.65. The summed E-state index contributed by atoms with van der Waals surface area (Å²) in [7, 11) is 0. The lowest BCUT2D eigenvalue weighted by molar-refractivity contribution is 0.471. The molecule has 1 aromatic carbocycles. The number of halogens is 1. The average Bonchev–Trinajstić information content (AvgIpc) is 2.80. The van der Waals surface area contributed by atoms with Crippen molar-refractivity contribution in [1.82, 2.24) is 5.43 Å². The van der Waals surface area contributed by atoms with Gasteiger partial charge in [0.25, 0.3) is 0 Å². The van der Waals surface area contributed by atoms with Crippen LogP contribution in [0.1, 0.15) is 29.7 Å². The Labute approximate surface area is 135 Å². The van der Waals surface area contributed by atoms with Crippen LogP contribution < -0.4 is 11.2 Å². The van der Waals surface area contributed by atoms with Crippen molar-refractivity contribution in [2.75, 3.05) is 0 Å². The molecule has 1 aromatic heterocycles. The van der Waals surface area contributed by atoms with E-state index in [9.17, 15) is 5.11 Å². The Morgan fingerprint density at radius 2 is 2.24 bits per heavy atom. The van der Waals surface area contributed by atoms with Crippen LogP contribution in [0.2, 0.25) is 0 Å². The molecule has 0 bridgehead atoms. The molecule has 21 heavy (non-hydrogen) atoms. The van der Waals surface area contributed by atoms with Crippen molar-refractivity contribution < 1.29 is 9.52 Å². The summed E-state index contributed by atoms with van der Waals surface area (Å²) < 4.78 is 6.49. The summed E-state index contributed by atoms with van der Waals surface area (Å²) in [5.74, 6) is 1.14. The number of hydrazone groups is 1. The van der Waals surface area contributed by atoms with Gasteiger partial charge in [0.15, 0.2) is 5.11 Å². The highest BCUT2D eigenvalue weighted by Crippen LogP contribution is 2.40. The number of hydrogen-bond donors (Lipinski definition) is 3. The van der Waals surface area contributed by atoms with Crippen molar-refractivity contribution >= 4 is 50.4 Å². The molecule has 0 atom stereocenters. The first-order valence-electron chi connectivity index (χ1n) is 6.62. The molecule has 0 saturated carbocycles. The van der Waals surface area contributed by atoms with E-state index in [0.29, 0.717) is 10.0 Å². The molecule has 0 aliphatic heterocycles. The summed E-state index contributed by atoms with van der Waals surface area (Å²) in [5, 5.41) is 15.3. The Balaban J connectivity index is 2.19. The fourth-order valence-electron chi connectivity index (χ4n) is 2.70. The first-order valence-corrected chi connectivity index (χ1v) is 7.82. The lowest BCUT2D eigenvalue weighted by Crippen LogP contribution is -2.24. The molecule has 4 N–H and O–H groups in total. The summed E-state index contributed by atoms with van der Waals surface area (Å²) in [6.45, 7) is 0. The summed E-state index contributed by atoms with van der Waals surface area (Å²) in [6.07, 6.45) is 5.66. The monoisotopic (exact) mass is 367 g/mol. The van der Waals surface area contributed by atoms with Gasteiger partial charge < -0.3 is 15.3 Å². The zero-order chi connectivity index (χ0) is 15.0. The van der Waals surface area contributed by atoms with Gasteiger partial charge in [-0.25, -0.2) is 0 Å². The maximum atomic E-state index is 10.3. The minimum absolute atomic E-state index is 0.0752. The third-order valence-electron chi connectivity index (χ3n) is 3.58. The second-order valence-corrected chi connectivity index (χ2v) is 6.23. The second-order valence-electron chi connectivity index (χ2n) is 4.94. The number of nitrogens with one attached hydrogen (secondary N) is 1. The molecular weight excluding hydrogens is 354 g/mol. The zero-order valence-electron chi connectivity index (χ0n) is 11.1. The highest BCUT2D eigenvalue weighted by atomic mass is 79.9. The van der Waals surface area contributed by atoms with Crippen molar-refractivity contribution in [3.63, 3.8) is 0 Å². The minimum Gasteiger partial charge on any atom is -0.506 e. The van der Waals surface area contributed by atoms with Gasteiger partial charge in [-0.3, -0.25) is 5.43 Å². The van der Waals surface area contributed by atoms with Gasteiger partial charge in [0.1, 0.15) is 17.1 Å². The predicted molar refractivity (Wildman–Crippen MR) is 89.7 cm³/mol. The molecule has 7 heteroatoms. The number of nitrogens with two attached hydrogens (primary N) is 1. The highest BCUT2D eigenvalue weighted by molar-refractivity contribution is 9.10. The number of phenolic OH excluding ortho intramolecular Hbond substituents is 1. The Kier molecular flexibility index (Phi) is 3.86. The van der Waals surface area contributed by atoms with E-state index < -0.39 is 0 Å². The fraction of sp³-hybridized carbons (Fsp3) is 0.286. The van der Waals surface area contributed by atoms with Gasteiger partial charge in [-0.2, -0.15) is 5.10 Å². The molecule has 2 aromatic rings. The molecule has 0 radical (unpaired) electrons. The van der Waals surface area contributed by atoms with Crippen LogP contribution in [0, 0.1) is 0 Å². The Morgan fingerprint density at radius 3 is 3.00 bits per heavy atom. The van der Waals surface area contributed by atoms with E-state index in [1.807, 2.05) is 0 Å². The van der Waals surface area contributed by atoms with Crippen LogP contribution >= 0.6 is 28.1 Å². The Morgan fingerprint density at radius 1 is 1.48 bits per heavy atom. The molecule has 0 amide bonds. The van der Waals surface area contributed by atoms with Crippen molar-refractivity contribution in [3.05, 3.63) is 27.4 Å². The van der Waals surface area contributed by atoms with Crippen LogP contribution in [0.25, 0.3) is 11.0 Å². The number of rotatable bonds is 2. The van der Waals surface area contributed by atoms with Crippen LogP contribution in [0.5, 0.6) is 5.75 Å². The molecule has 0 spiro atoms. The van der Waals surface area contributed by atoms with Crippen LogP contribution in [-0.4, -0.2) is 16.4 Å². The largest absolute Gasteiger partial charge is 0.506 e. The van der Waals surface area contributed by atoms with Gasteiger partial charge in [0.2, 0.25) is 0 Å². The summed E-state index contributed by atoms with van der Waals surface area (Å²) >= 11 is 8.05. The number of benzene rings is 1. The number of aromatic hydroxyl groups is 1. The summed E-state index contributed by atoms with van der Waals surface area (Å²) in [4.78, 5) is 0. The number of nitrogens with zero attached hydrogens (tertiary/aromatic N) is 1. The topological polar surface area (TPSA) is 83.8 Å². The van der Waals surface area contributed by atoms with Crippen LogP contribution in [0.3, 0.4) is 0 Å². The fourth-order valence-corrected chi connectivity index (χ4v) is 3.17. The van der Waals surface area contributed by atoms with Gasteiger partial charge in [-0.1, -0.05) is 0 Å². The van der Waals surface area contributed by atoms with Crippen LogP contribution in [-0.2, 0) is 12.8 Å². The average molecular weight is 368 g/mol. The van der Waals surface area contributed by atoms with E-state index in [1.165, 1.54) is 6.21 Å². The molecule has 1 aliphatic rings. The highest BCUT2D eigenvalue weighted by Gasteiger charge is 2.22. The first-order chi connectivity index (χ1) is 10.1. The molecule has 0 unspecified atom stereocenters. The van der Waals surface area contributed by atoms with Crippen molar-refractivity contribution in [3.8, 4) is 5.75 Å². The standard InChI is InChI=1S/C14H14BrN3O2S/c15-9-5-11-12(7-3-1-2-4-10(7)20-11)8(13(9)19)6-17-18-14(16)21/h5-6,19H,1-4H2,(H3,16,18,21)/b17-6+. The molecule has 110 valence electrons. The molecule has 1 heterocycles. The SMILES string of the molecule is NC(=S)N/N=C/c1c(O)c(Br)cc2oc3c(c12)CCCC3. The van der Waals surface area contributed by atoms with E-state index in [2.05, 4.69) is 26.5 Å². The number of thiocarbonyl (C=S) groups is 1. The molecule has 5 nitrogen and oxygen atoms in total. The normalized spacial score (nSPS) is 14.5. The maximum Gasteiger partial charge on any atom is 0.184 e. The third kappa shape index (κ3) is 2.63. The minimum atomic E-state index is 0.0752. The number of hydrogen-bond acceptors (Lipinski definition) is 4. The zero-order valence-corrected chi connectivity index (χ0v) is 13.6. The van der Waals surface area contributed by atoms with Gasteiger partial charge in [-0.05, 0) is 53.5 Å². The molecular formula is C14H14BrN3O2S. The van der Waals surface area contributed by atoms with Gasteiger partial charge >= 0.3 is 0 Å². The smallest absolute Gasteiger partial charge is 0.184 e. The summed E-state index contributed by atoms with van der Waals surface area (Å²) in [6, 6.07) is 1.79. The lowest BCUT2D eigenvalue weighted by Gasteiger charge is -2.10. The Hall–Kier alpha value is -1.60.